The number of esters is 1. The van der Waals surface area contributed by atoms with Crippen molar-refractivity contribution in [2.75, 3.05) is 13.2 Å². The van der Waals surface area contributed by atoms with E-state index >= 15 is 0 Å². The van der Waals surface area contributed by atoms with Gasteiger partial charge in [0, 0.05) is 12.8 Å². The Bertz CT molecular complexity index is 772. The van der Waals surface area contributed by atoms with Gasteiger partial charge in [-0.05, 0) is 51.4 Å². The summed E-state index contributed by atoms with van der Waals surface area (Å²) < 4.78 is 5.43. The highest BCUT2D eigenvalue weighted by Gasteiger charge is 2.20. The molecule has 2 unspecified atom stereocenters. The summed E-state index contributed by atoms with van der Waals surface area (Å²) in [5, 5.41) is 23.0. The Kier molecular flexibility index (Phi) is 41.2. The van der Waals surface area contributed by atoms with Crippen LogP contribution in [0.4, 0.5) is 0 Å². The van der Waals surface area contributed by atoms with Crippen LogP contribution in [0.25, 0.3) is 0 Å². The molecule has 0 radical (unpaired) electrons. The third-order valence-electron chi connectivity index (χ3n) is 10.6. The van der Waals surface area contributed by atoms with Gasteiger partial charge < -0.3 is 20.3 Å². The molecule has 0 aliphatic rings. The van der Waals surface area contributed by atoms with Crippen LogP contribution in [-0.2, 0) is 14.3 Å². The van der Waals surface area contributed by atoms with Crippen molar-refractivity contribution in [2.24, 2.45) is 0 Å². The molecule has 3 N–H and O–H groups in total. The second-order valence-electron chi connectivity index (χ2n) is 15.7. The monoisotopic (exact) mass is 736 g/mol. The Hall–Kier alpha value is -1.40. The lowest BCUT2D eigenvalue weighted by Gasteiger charge is -2.22. The number of amides is 1. The fraction of sp³-hybridized carbons (Fsp3) is 0.913. The molecule has 0 aliphatic heterocycles. The van der Waals surface area contributed by atoms with Gasteiger partial charge in [0.25, 0.3) is 0 Å². The summed E-state index contributed by atoms with van der Waals surface area (Å²) >= 11 is 0. The van der Waals surface area contributed by atoms with E-state index in [9.17, 15) is 19.8 Å². The summed E-state index contributed by atoms with van der Waals surface area (Å²) in [6.45, 7) is 4.85. The lowest BCUT2D eigenvalue weighted by molar-refractivity contribution is -0.143. The quantitative estimate of drug-likeness (QED) is 0.0329. The van der Waals surface area contributed by atoms with Gasteiger partial charge in [0.05, 0.1) is 25.4 Å². The van der Waals surface area contributed by atoms with Crippen LogP contribution in [-0.4, -0.2) is 47.4 Å². The molecule has 6 heteroatoms. The zero-order chi connectivity index (χ0) is 38.0. The number of aliphatic hydroxyl groups excluding tert-OH is 2. The smallest absolute Gasteiger partial charge is 0.305 e. The Morgan fingerprint density at radius 2 is 0.904 bits per heavy atom. The molecule has 1 amide bonds. The van der Waals surface area contributed by atoms with Gasteiger partial charge >= 0.3 is 5.97 Å². The molecule has 0 aromatic rings. The number of unbranched alkanes of at least 4 members (excludes halogenated alkanes) is 29. The Labute approximate surface area is 323 Å². The predicted molar refractivity (Wildman–Crippen MR) is 223 cm³/mol. The van der Waals surface area contributed by atoms with E-state index in [0.717, 1.165) is 83.5 Å². The first-order chi connectivity index (χ1) is 25.5. The van der Waals surface area contributed by atoms with E-state index in [4.69, 9.17) is 4.74 Å². The number of carbonyl (C=O) groups excluding carboxylic acids is 2. The molecular weight excluding hydrogens is 647 g/mol. The topological polar surface area (TPSA) is 95.9 Å². The maximum atomic E-state index is 12.3. The number of allylic oxidation sites excluding steroid dienone is 2. The Morgan fingerprint density at radius 3 is 1.37 bits per heavy atom. The number of carbonyl (C=O) groups is 2. The summed E-state index contributed by atoms with van der Waals surface area (Å²) in [6, 6.07) is -0.558. The molecule has 0 saturated carbocycles. The number of nitrogens with one attached hydrogen (secondary N) is 1. The molecule has 0 aromatic carbocycles. The van der Waals surface area contributed by atoms with Crippen molar-refractivity contribution in [2.45, 2.75) is 257 Å². The second-order valence-corrected chi connectivity index (χ2v) is 15.7. The Balaban J connectivity index is 3.48. The lowest BCUT2D eigenvalue weighted by Crippen LogP contribution is -2.45. The third kappa shape index (κ3) is 38.3. The van der Waals surface area contributed by atoms with Crippen LogP contribution in [0, 0.1) is 0 Å². The number of rotatable bonds is 42. The van der Waals surface area contributed by atoms with E-state index in [1.807, 2.05) is 0 Å². The Morgan fingerprint density at radius 1 is 0.519 bits per heavy atom. The normalized spacial score (nSPS) is 12.8. The van der Waals surface area contributed by atoms with E-state index in [1.54, 1.807) is 0 Å². The molecule has 0 spiro atoms. The molecule has 0 bridgehead atoms. The van der Waals surface area contributed by atoms with Crippen LogP contribution in [0.2, 0.25) is 0 Å². The van der Waals surface area contributed by atoms with Crippen molar-refractivity contribution in [3.63, 3.8) is 0 Å². The maximum Gasteiger partial charge on any atom is 0.305 e. The van der Waals surface area contributed by atoms with Gasteiger partial charge in [-0.25, -0.2) is 0 Å². The van der Waals surface area contributed by atoms with Gasteiger partial charge in [0.2, 0.25) is 5.91 Å². The van der Waals surface area contributed by atoms with Crippen molar-refractivity contribution >= 4 is 11.9 Å². The van der Waals surface area contributed by atoms with Crippen molar-refractivity contribution in [3.05, 3.63) is 12.2 Å². The molecule has 0 aliphatic carbocycles. The highest BCUT2D eigenvalue weighted by atomic mass is 16.5. The molecule has 2 atom stereocenters. The summed E-state index contributed by atoms with van der Waals surface area (Å²) in [7, 11) is 0. The highest BCUT2D eigenvalue weighted by molar-refractivity contribution is 5.76. The lowest BCUT2D eigenvalue weighted by atomic mass is 10.0. The molecule has 0 saturated heterocycles. The van der Waals surface area contributed by atoms with Gasteiger partial charge in [-0.3, -0.25) is 9.59 Å². The van der Waals surface area contributed by atoms with Gasteiger partial charge in [-0.2, -0.15) is 0 Å². The fourth-order valence-electron chi connectivity index (χ4n) is 6.98. The minimum absolute atomic E-state index is 0.0291. The zero-order valence-electron chi connectivity index (χ0n) is 34.8. The van der Waals surface area contributed by atoms with E-state index in [0.29, 0.717) is 25.9 Å². The maximum absolute atomic E-state index is 12.3. The average Bonchev–Trinajstić information content (AvgIpc) is 3.14. The first-order valence-electron chi connectivity index (χ1n) is 22.9. The van der Waals surface area contributed by atoms with Gasteiger partial charge in [0.1, 0.15) is 0 Å². The first-order valence-corrected chi connectivity index (χ1v) is 22.9. The van der Waals surface area contributed by atoms with E-state index in [1.165, 1.54) is 128 Å². The van der Waals surface area contributed by atoms with E-state index in [-0.39, 0.29) is 18.5 Å². The summed E-state index contributed by atoms with van der Waals surface area (Å²) in [5.74, 6) is -0.0956. The fourth-order valence-corrected chi connectivity index (χ4v) is 6.98. The molecule has 0 rings (SSSR count). The molecule has 0 heterocycles. The van der Waals surface area contributed by atoms with Crippen LogP contribution < -0.4 is 5.32 Å². The molecule has 52 heavy (non-hydrogen) atoms. The van der Waals surface area contributed by atoms with Crippen LogP contribution in [0.1, 0.15) is 245 Å². The third-order valence-corrected chi connectivity index (χ3v) is 10.6. The van der Waals surface area contributed by atoms with Gasteiger partial charge in [-0.1, -0.05) is 193 Å². The molecular formula is C46H89NO5. The second kappa shape index (κ2) is 42.3. The minimum Gasteiger partial charge on any atom is -0.466 e. The van der Waals surface area contributed by atoms with Crippen molar-refractivity contribution in [3.8, 4) is 0 Å². The zero-order valence-corrected chi connectivity index (χ0v) is 34.8. The van der Waals surface area contributed by atoms with Crippen LogP contribution in [0.3, 0.4) is 0 Å². The molecule has 6 nitrogen and oxygen atoms in total. The van der Waals surface area contributed by atoms with Gasteiger partial charge in [0.15, 0.2) is 0 Å². The van der Waals surface area contributed by atoms with Crippen molar-refractivity contribution < 1.29 is 24.5 Å². The summed E-state index contributed by atoms with van der Waals surface area (Å²) in [4.78, 5) is 24.3. The minimum atomic E-state index is -0.678. The first kappa shape index (κ1) is 50.6. The number of hydrogen-bond acceptors (Lipinski definition) is 5. The van der Waals surface area contributed by atoms with E-state index < -0.39 is 12.1 Å². The summed E-state index contributed by atoms with van der Waals surface area (Å²) in [6.07, 6.45) is 46.0. The van der Waals surface area contributed by atoms with Crippen LogP contribution >= 0.6 is 0 Å². The predicted octanol–water partition coefficient (Wildman–Crippen LogP) is 13.0. The number of ether oxygens (including phenoxy) is 1. The number of aliphatic hydroxyl groups is 2. The van der Waals surface area contributed by atoms with Crippen LogP contribution in [0.15, 0.2) is 12.2 Å². The van der Waals surface area contributed by atoms with E-state index in [2.05, 4.69) is 31.3 Å². The highest BCUT2D eigenvalue weighted by Crippen LogP contribution is 2.15. The summed E-state index contributed by atoms with van der Waals surface area (Å²) in [5.41, 5.74) is 0. The SMILES string of the molecule is CCCCCCCCCCCCCCCCCC(=O)OCCCC/C=C\CCCCCCCC(=O)NC(CO)C(O)CCCCCCCCCCC. The number of hydrogen-bond donors (Lipinski definition) is 3. The largest absolute Gasteiger partial charge is 0.466 e. The molecule has 308 valence electrons. The molecule has 0 fully saturated rings. The average molecular weight is 736 g/mol. The standard InChI is InChI=1S/C46H89NO5/c1-3-5-7-9-11-13-14-15-16-17-20-24-28-32-36-40-46(51)52-41-37-33-29-25-21-18-19-23-27-31-35-39-45(50)47-43(42-48)44(49)38-34-30-26-22-12-10-8-6-4-2/h21,25,43-44,48-49H,3-20,22-24,26-42H2,1-2H3,(H,47,50)/b25-21-. The van der Waals surface area contributed by atoms with Crippen molar-refractivity contribution in [1.82, 2.24) is 5.32 Å². The van der Waals surface area contributed by atoms with Crippen molar-refractivity contribution in [1.29, 1.82) is 0 Å². The van der Waals surface area contributed by atoms with Crippen LogP contribution in [0.5, 0.6) is 0 Å². The van der Waals surface area contributed by atoms with Gasteiger partial charge in [-0.15, -0.1) is 0 Å². The molecule has 0 aromatic heterocycles.